The van der Waals surface area contributed by atoms with Crippen molar-refractivity contribution in [1.82, 2.24) is 0 Å². The average molecular weight is 235 g/mol. The molecule has 0 N–H and O–H groups in total. The Morgan fingerprint density at radius 3 is 2.67 bits per heavy atom. The first-order chi connectivity index (χ1) is 8.72. The Morgan fingerprint density at radius 1 is 1.06 bits per heavy atom. The van der Waals surface area contributed by atoms with Crippen LogP contribution in [0.4, 0.5) is 5.69 Å². The van der Waals surface area contributed by atoms with Crippen LogP contribution in [0.15, 0.2) is 48.5 Å². The van der Waals surface area contributed by atoms with Crippen molar-refractivity contribution in [2.75, 3.05) is 4.90 Å². The smallest absolute Gasteiger partial charge is 0.259 e. The summed E-state index contributed by atoms with van der Waals surface area (Å²) in [7, 11) is 0. The summed E-state index contributed by atoms with van der Waals surface area (Å²) in [4.78, 5) is 14.5. The van der Waals surface area contributed by atoms with Gasteiger partial charge in [-0.2, -0.15) is 0 Å². The summed E-state index contributed by atoms with van der Waals surface area (Å²) >= 11 is 0. The highest BCUT2D eigenvalue weighted by Gasteiger charge is 2.51. The van der Waals surface area contributed by atoms with Crippen LogP contribution < -0.4 is 4.90 Å². The van der Waals surface area contributed by atoms with Crippen LogP contribution in [0, 0.1) is 0 Å². The molecule has 2 aliphatic rings. The Labute approximate surface area is 106 Å². The van der Waals surface area contributed by atoms with Crippen molar-refractivity contribution in [2.24, 2.45) is 0 Å². The van der Waals surface area contributed by atoms with E-state index in [1.54, 1.807) is 0 Å². The Hall–Kier alpha value is -2.09. The minimum absolute atomic E-state index is 0.137. The van der Waals surface area contributed by atoms with Crippen LogP contribution in [-0.2, 0) is 12.0 Å². The van der Waals surface area contributed by atoms with Crippen molar-refractivity contribution in [3.63, 3.8) is 0 Å². The zero-order valence-corrected chi connectivity index (χ0v) is 10.2. The van der Waals surface area contributed by atoms with Gasteiger partial charge < -0.3 is 0 Å². The lowest BCUT2D eigenvalue weighted by Crippen LogP contribution is -2.38. The standard InChI is InChI=1S/C16H13NO/c1-16-10-11-6-2-5-9-14(11)17(16)15(18)12-7-3-4-8-13(12)16/h2-9H,10H2,1H3/t16-/m1/s1. The number of benzene rings is 2. The molecule has 4 rings (SSSR count). The number of hydrogen-bond donors (Lipinski definition) is 0. The van der Waals surface area contributed by atoms with Crippen molar-refractivity contribution in [3.05, 3.63) is 65.2 Å². The number of amides is 1. The quantitative estimate of drug-likeness (QED) is 0.687. The van der Waals surface area contributed by atoms with Gasteiger partial charge in [0.15, 0.2) is 0 Å². The van der Waals surface area contributed by atoms with Gasteiger partial charge in [0.2, 0.25) is 0 Å². The summed E-state index contributed by atoms with van der Waals surface area (Å²) in [5.74, 6) is 0.137. The van der Waals surface area contributed by atoms with Crippen LogP contribution in [0.3, 0.4) is 0 Å². The molecule has 0 saturated carbocycles. The van der Waals surface area contributed by atoms with Gasteiger partial charge in [-0.25, -0.2) is 0 Å². The van der Waals surface area contributed by atoms with E-state index in [-0.39, 0.29) is 11.4 Å². The first-order valence-corrected chi connectivity index (χ1v) is 6.24. The number of hydrogen-bond acceptors (Lipinski definition) is 1. The van der Waals surface area contributed by atoms with Crippen LogP contribution in [0.25, 0.3) is 0 Å². The third-order valence-corrected chi connectivity index (χ3v) is 4.20. The summed E-state index contributed by atoms with van der Waals surface area (Å²) in [5, 5.41) is 0. The fourth-order valence-electron chi connectivity index (χ4n) is 3.40. The monoisotopic (exact) mass is 235 g/mol. The molecule has 1 amide bonds. The van der Waals surface area contributed by atoms with Gasteiger partial charge in [-0.1, -0.05) is 36.4 Å². The lowest BCUT2D eigenvalue weighted by Gasteiger charge is -2.28. The van der Waals surface area contributed by atoms with Crippen LogP contribution in [0.5, 0.6) is 0 Å². The molecule has 1 atom stereocenters. The topological polar surface area (TPSA) is 20.3 Å². The Balaban J connectivity index is 2.01. The summed E-state index contributed by atoms with van der Waals surface area (Å²) in [6.45, 7) is 2.16. The second-order valence-corrected chi connectivity index (χ2v) is 5.27. The molecular formula is C16H13NO. The lowest BCUT2D eigenvalue weighted by atomic mass is 9.88. The number of anilines is 1. The number of para-hydroxylation sites is 1. The summed E-state index contributed by atoms with van der Waals surface area (Å²) in [5.41, 5.74) is 4.15. The number of carbonyl (C=O) groups is 1. The third-order valence-electron chi connectivity index (χ3n) is 4.20. The maximum absolute atomic E-state index is 12.6. The molecule has 18 heavy (non-hydrogen) atoms. The second kappa shape index (κ2) is 3.02. The number of fused-ring (bicyclic) bond motifs is 5. The first-order valence-electron chi connectivity index (χ1n) is 6.24. The molecule has 0 spiro atoms. The fourth-order valence-corrected chi connectivity index (χ4v) is 3.40. The van der Waals surface area contributed by atoms with E-state index < -0.39 is 0 Å². The molecule has 2 aliphatic heterocycles. The van der Waals surface area contributed by atoms with Crippen LogP contribution in [-0.4, -0.2) is 5.91 Å². The molecule has 2 aromatic rings. The van der Waals surface area contributed by atoms with Crippen LogP contribution >= 0.6 is 0 Å². The van der Waals surface area contributed by atoms with Gasteiger partial charge in [0.1, 0.15) is 0 Å². The minimum Gasteiger partial charge on any atom is -0.298 e. The van der Waals surface area contributed by atoms with Gasteiger partial charge in [0.05, 0.1) is 5.54 Å². The molecule has 0 saturated heterocycles. The van der Waals surface area contributed by atoms with Crippen molar-refractivity contribution in [2.45, 2.75) is 18.9 Å². The average Bonchev–Trinajstić information content (AvgIpc) is 2.81. The summed E-state index contributed by atoms with van der Waals surface area (Å²) in [6.07, 6.45) is 0.909. The molecule has 2 aromatic carbocycles. The van der Waals surface area contributed by atoms with Gasteiger partial charge >= 0.3 is 0 Å². The van der Waals surface area contributed by atoms with E-state index in [9.17, 15) is 4.79 Å². The van der Waals surface area contributed by atoms with E-state index in [4.69, 9.17) is 0 Å². The van der Waals surface area contributed by atoms with E-state index in [0.717, 1.165) is 23.2 Å². The number of rotatable bonds is 0. The van der Waals surface area contributed by atoms with Crippen LogP contribution in [0.1, 0.15) is 28.4 Å². The highest BCUT2D eigenvalue weighted by molar-refractivity contribution is 6.13. The molecule has 0 radical (unpaired) electrons. The molecular weight excluding hydrogens is 222 g/mol. The number of nitrogens with zero attached hydrogens (tertiary/aromatic N) is 1. The molecule has 88 valence electrons. The van der Waals surface area contributed by atoms with Gasteiger partial charge in [-0.15, -0.1) is 0 Å². The number of carbonyl (C=O) groups excluding carboxylic acids is 1. The fraction of sp³-hybridized carbons (Fsp3) is 0.188. The van der Waals surface area contributed by atoms with Gasteiger partial charge in [0, 0.05) is 17.7 Å². The maximum atomic E-state index is 12.6. The molecule has 2 heteroatoms. The highest BCUT2D eigenvalue weighted by atomic mass is 16.2. The third kappa shape index (κ3) is 0.969. The summed E-state index contributed by atoms with van der Waals surface area (Å²) < 4.78 is 0. The highest BCUT2D eigenvalue weighted by Crippen LogP contribution is 2.50. The minimum atomic E-state index is -0.197. The Kier molecular flexibility index (Phi) is 1.66. The molecule has 0 unspecified atom stereocenters. The van der Waals surface area contributed by atoms with E-state index in [2.05, 4.69) is 19.1 Å². The molecule has 0 aliphatic carbocycles. The molecule has 0 fully saturated rings. The lowest BCUT2D eigenvalue weighted by molar-refractivity contribution is 0.0983. The zero-order chi connectivity index (χ0) is 12.3. The van der Waals surface area contributed by atoms with Crippen LogP contribution in [0.2, 0.25) is 0 Å². The summed E-state index contributed by atoms with van der Waals surface area (Å²) in [6, 6.07) is 16.2. The SMILES string of the molecule is C[C@]12Cc3ccccc3N1C(=O)c1ccccc12. The second-order valence-electron chi connectivity index (χ2n) is 5.27. The van der Waals surface area contributed by atoms with Gasteiger partial charge in [-0.3, -0.25) is 9.69 Å². The molecule has 2 heterocycles. The van der Waals surface area contributed by atoms with Gasteiger partial charge in [-0.05, 0) is 30.2 Å². The Bertz CT molecular complexity index is 676. The van der Waals surface area contributed by atoms with E-state index in [1.807, 2.05) is 41.3 Å². The predicted molar refractivity (Wildman–Crippen MR) is 70.7 cm³/mol. The largest absolute Gasteiger partial charge is 0.298 e. The van der Waals surface area contributed by atoms with Gasteiger partial charge in [0.25, 0.3) is 5.91 Å². The van der Waals surface area contributed by atoms with E-state index in [1.165, 1.54) is 5.56 Å². The van der Waals surface area contributed by atoms with Crippen molar-refractivity contribution in [3.8, 4) is 0 Å². The Morgan fingerprint density at radius 2 is 1.78 bits per heavy atom. The predicted octanol–water partition coefficient (Wildman–Crippen LogP) is 3.12. The zero-order valence-electron chi connectivity index (χ0n) is 10.2. The normalized spacial score (nSPS) is 23.8. The molecule has 0 bridgehead atoms. The van der Waals surface area contributed by atoms with Crippen molar-refractivity contribution in [1.29, 1.82) is 0 Å². The van der Waals surface area contributed by atoms with Crippen molar-refractivity contribution >= 4 is 11.6 Å². The first kappa shape index (κ1) is 9.89. The molecule has 0 aromatic heterocycles. The van der Waals surface area contributed by atoms with E-state index >= 15 is 0 Å². The molecule has 2 nitrogen and oxygen atoms in total. The van der Waals surface area contributed by atoms with Crippen molar-refractivity contribution < 1.29 is 4.79 Å². The maximum Gasteiger partial charge on any atom is 0.259 e. The van der Waals surface area contributed by atoms with E-state index in [0.29, 0.717) is 0 Å².